The molecule has 2 aliphatic heterocycles. The zero-order valence-electron chi connectivity index (χ0n) is 17.8. The first kappa shape index (κ1) is 19.9. The monoisotopic (exact) mass is 416 g/mol. The van der Waals surface area contributed by atoms with Gasteiger partial charge in [-0.15, -0.1) is 0 Å². The molecule has 3 aromatic carbocycles. The van der Waals surface area contributed by atoms with Crippen LogP contribution in [0.3, 0.4) is 0 Å². The highest BCUT2D eigenvalue weighted by Crippen LogP contribution is 2.40. The fourth-order valence-electron chi connectivity index (χ4n) is 4.63. The van der Waals surface area contributed by atoms with Crippen molar-refractivity contribution in [3.05, 3.63) is 71.8 Å². The van der Waals surface area contributed by atoms with Crippen LogP contribution in [-0.2, 0) is 4.74 Å². The molecule has 5 heteroatoms. The van der Waals surface area contributed by atoms with E-state index in [2.05, 4.69) is 30.4 Å². The molecule has 3 aromatic rings. The van der Waals surface area contributed by atoms with Gasteiger partial charge in [-0.2, -0.15) is 0 Å². The molecule has 0 aliphatic carbocycles. The summed E-state index contributed by atoms with van der Waals surface area (Å²) in [5.74, 6) is 0.860. The van der Waals surface area contributed by atoms with Crippen molar-refractivity contribution in [2.24, 2.45) is 0 Å². The summed E-state index contributed by atoms with van der Waals surface area (Å²) in [5.41, 5.74) is 2.59. The number of para-hydroxylation sites is 1. The van der Waals surface area contributed by atoms with Crippen molar-refractivity contribution >= 4 is 22.4 Å². The average molecular weight is 417 g/mol. The van der Waals surface area contributed by atoms with E-state index in [9.17, 15) is 4.79 Å². The molecule has 5 rings (SSSR count). The smallest absolute Gasteiger partial charge is 0.257 e. The highest BCUT2D eigenvalue weighted by molar-refractivity contribution is 6.02. The number of fused-ring (bicyclic) bond motifs is 2. The second-order valence-electron chi connectivity index (χ2n) is 8.24. The molecular formula is C26H28N2O3. The van der Waals surface area contributed by atoms with Crippen LogP contribution in [0.2, 0.25) is 0 Å². The van der Waals surface area contributed by atoms with E-state index in [1.54, 1.807) is 0 Å². The lowest BCUT2D eigenvalue weighted by Gasteiger charge is -2.39. The van der Waals surface area contributed by atoms with Gasteiger partial charge < -0.3 is 19.7 Å². The van der Waals surface area contributed by atoms with Crippen molar-refractivity contribution in [3.8, 4) is 5.75 Å². The summed E-state index contributed by atoms with van der Waals surface area (Å²) in [4.78, 5) is 15.4. The van der Waals surface area contributed by atoms with Crippen LogP contribution in [0.25, 0.3) is 10.8 Å². The van der Waals surface area contributed by atoms with E-state index in [1.807, 2.05) is 47.4 Å². The Morgan fingerprint density at radius 3 is 2.77 bits per heavy atom. The van der Waals surface area contributed by atoms with Gasteiger partial charge in [0.25, 0.3) is 5.91 Å². The van der Waals surface area contributed by atoms with Crippen LogP contribution >= 0.6 is 0 Å². The van der Waals surface area contributed by atoms with Gasteiger partial charge in [-0.25, -0.2) is 0 Å². The molecule has 5 nitrogen and oxygen atoms in total. The number of rotatable bonds is 6. The van der Waals surface area contributed by atoms with Gasteiger partial charge in [0.1, 0.15) is 18.5 Å². The number of nitrogens with zero attached hydrogens (tertiary/aromatic N) is 1. The predicted molar refractivity (Wildman–Crippen MR) is 123 cm³/mol. The van der Waals surface area contributed by atoms with E-state index in [0.717, 1.165) is 53.6 Å². The molecule has 1 saturated heterocycles. The Bertz CT molecular complexity index is 1090. The Kier molecular flexibility index (Phi) is 5.51. The SMILES string of the molecule is CCCN1C(=O)c2ccccc2NC1c1c(OCC2CCCO2)ccc2ccccc12. The summed E-state index contributed by atoms with van der Waals surface area (Å²) in [7, 11) is 0. The van der Waals surface area contributed by atoms with Gasteiger partial charge in [0.2, 0.25) is 0 Å². The van der Waals surface area contributed by atoms with Gasteiger partial charge >= 0.3 is 0 Å². The van der Waals surface area contributed by atoms with Crippen LogP contribution in [-0.4, -0.2) is 36.7 Å². The molecule has 31 heavy (non-hydrogen) atoms. The third-order valence-corrected chi connectivity index (χ3v) is 6.14. The van der Waals surface area contributed by atoms with Gasteiger partial charge in [0.15, 0.2) is 0 Å². The minimum Gasteiger partial charge on any atom is -0.490 e. The number of amides is 1. The first-order valence-corrected chi connectivity index (χ1v) is 11.2. The molecule has 2 unspecified atom stereocenters. The lowest BCUT2D eigenvalue weighted by Crippen LogP contribution is -2.43. The van der Waals surface area contributed by atoms with E-state index in [4.69, 9.17) is 9.47 Å². The number of hydrogen-bond donors (Lipinski definition) is 1. The van der Waals surface area contributed by atoms with Gasteiger partial charge in [0, 0.05) is 24.4 Å². The number of ether oxygens (including phenoxy) is 2. The molecule has 0 saturated carbocycles. The van der Waals surface area contributed by atoms with Crippen molar-refractivity contribution in [1.82, 2.24) is 4.90 Å². The number of nitrogens with one attached hydrogen (secondary N) is 1. The summed E-state index contributed by atoms with van der Waals surface area (Å²) >= 11 is 0. The molecule has 0 aromatic heterocycles. The maximum absolute atomic E-state index is 13.4. The molecule has 0 bridgehead atoms. The molecule has 160 valence electrons. The van der Waals surface area contributed by atoms with Crippen LogP contribution in [0.1, 0.15) is 48.3 Å². The molecule has 0 radical (unpaired) electrons. The lowest BCUT2D eigenvalue weighted by molar-refractivity contribution is 0.0637. The third-order valence-electron chi connectivity index (χ3n) is 6.14. The van der Waals surface area contributed by atoms with E-state index in [0.29, 0.717) is 18.7 Å². The van der Waals surface area contributed by atoms with Gasteiger partial charge in [0.05, 0.1) is 11.7 Å². The third kappa shape index (κ3) is 3.74. The Morgan fingerprint density at radius 1 is 1.10 bits per heavy atom. The molecule has 2 heterocycles. The van der Waals surface area contributed by atoms with E-state index >= 15 is 0 Å². The lowest BCUT2D eigenvalue weighted by atomic mass is 9.97. The minimum atomic E-state index is -0.298. The second-order valence-corrected chi connectivity index (χ2v) is 8.24. The fourth-order valence-corrected chi connectivity index (χ4v) is 4.63. The first-order valence-electron chi connectivity index (χ1n) is 11.2. The Hall–Kier alpha value is -3.05. The molecule has 2 aliphatic rings. The zero-order chi connectivity index (χ0) is 21.2. The van der Waals surface area contributed by atoms with E-state index < -0.39 is 0 Å². The number of hydrogen-bond acceptors (Lipinski definition) is 4. The van der Waals surface area contributed by atoms with Crippen molar-refractivity contribution in [2.75, 3.05) is 25.1 Å². The topological polar surface area (TPSA) is 50.8 Å². The van der Waals surface area contributed by atoms with Gasteiger partial charge in [-0.1, -0.05) is 49.4 Å². The number of benzene rings is 3. The predicted octanol–water partition coefficient (Wildman–Crippen LogP) is 5.37. The summed E-state index contributed by atoms with van der Waals surface area (Å²) < 4.78 is 12.1. The zero-order valence-corrected chi connectivity index (χ0v) is 17.8. The van der Waals surface area contributed by atoms with E-state index in [-0.39, 0.29) is 18.2 Å². The number of carbonyl (C=O) groups excluding carboxylic acids is 1. The average Bonchev–Trinajstić information content (AvgIpc) is 3.33. The fraction of sp³-hybridized carbons (Fsp3) is 0.346. The highest BCUT2D eigenvalue weighted by atomic mass is 16.5. The maximum atomic E-state index is 13.4. The Morgan fingerprint density at radius 2 is 1.94 bits per heavy atom. The summed E-state index contributed by atoms with van der Waals surface area (Å²) in [6.07, 6.45) is 2.82. The van der Waals surface area contributed by atoms with Crippen LogP contribution in [0.5, 0.6) is 5.75 Å². The minimum absolute atomic E-state index is 0.0548. The molecule has 1 N–H and O–H groups in total. The molecule has 1 amide bonds. The van der Waals surface area contributed by atoms with Crippen LogP contribution < -0.4 is 10.1 Å². The largest absolute Gasteiger partial charge is 0.490 e. The van der Waals surface area contributed by atoms with Crippen LogP contribution in [0.4, 0.5) is 5.69 Å². The summed E-state index contributed by atoms with van der Waals surface area (Å²) in [5, 5.41) is 5.86. The maximum Gasteiger partial charge on any atom is 0.257 e. The molecule has 0 spiro atoms. The van der Waals surface area contributed by atoms with Crippen molar-refractivity contribution < 1.29 is 14.3 Å². The standard InChI is InChI=1S/C26H28N2O3/c1-2-15-28-25(27-22-12-6-5-11-21(22)26(28)29)24-20-10-4-3-8-18(20)13-14-23(24)31-17-19-9-7-16-30-19/h3-6,8,10-14,19,25,27H,2,7,9,15-17H2,1H3. The summed E-state index contributed by atoms with van der Waals surface area (Å²) in [6, 6.07) is 20.2. The van der Waals surface area contributed by atoms with Crippen LogP contribution in [0, 0.1) is 0 Å². The van der Waals surface area contributed by atoms with Crippen molar-refractivity contribution in [2.45, 2.75) is 38.5 Å². The van der Waals surface area contributed by atoms with Crippen molar-refractivity contribution in [3.63, 3.8) is 0 Å². The first-order chi connectivity index (χ1) is 15.3. The molecule has 2 atom stereocenters. The number of carbonyl (C=O) groups is 1. The second kappa shape index (κ2) is 8.60. The number of anilines is 1. The molecular weight excluding hydrogens is 388 g/mol. The normalized spacial score (nSPS) is 20.5. The van der Waals surface area contributed by atoms with Gasteiger partial charge in [-0.05, 0) is 48.2 Å². The quantitative estimate of drug-likeness (QED) is 0.587. The van der Waals surface area contributed by atoms with E-state index in [1.165, 1.54) is 0 Å². The Balaban J connectivity index is 1.61. The van der Waals surface area contributed by atoms with Crippen LogP contribution in [0.15, 0.2) is 60.7 Å². The van der Waals surface area contributed by atoms with Gasteiger partial charge in [-0.3, -0.25) is 4.79 Å². The Labute approximate surface area is 183 Å². The summed E-state index contributed by atoms with van der Waals surface area (Å²) in [6.45, 7) is 4.09. The highest BCUT2D eigenvalue weighted by Gasteiger charge is 2.35. The van der Waals surface area contributed by atoms with Crippen molar-refractivity contribution in [1.29, 1.82) is 0 Å². The molecule has 1 fully saturated rings.